The molecular weight excluding hydrogens is 376 g/mol. The average molecular weight is 405 g/mol. The van der Waals surface area contributed by atoms with Crippen LogP contribution in [0.4, 0.5) is 10.5 Å². The summed E-state index contributed by atoms with van der Waals surface area (Å²) in [5.74, 6) is 0.176. The first-order valence-electron chi connectivity index (χ1n) is 9.28. The highest BCUT2D eigenvalue weighted by atomic mass is 32.2. The van der Waals surface area contributed by atoms with Crippen LogP contribution in [-0.4, -0.2) is 31.1 Å². The van der Waals surface area contributed by atoms with E-state index >= 15 is 0 Å². The van der Waals surface area contributed by atoms with Crippen molar-refractivity contribution >= 4 is 21.8 Å². The van der Waals surface area contributed by atoms with Crippen LogP contribution < -0.4 is 9.50 Å². The van der Waals surface area contributed by atoms with Crippen molar-refractivity contribution in [3.63, 3.8) is 0 Å². The van der Waals surface area contributed by atoms with Gasteiger partial charge >= 0.3 is 16.1 Å². The van der Waals surface area contributed by atoms with Crippen LogP contribution in [0.1, 0.15) is 37.5 Å². The van der Waals surface area contributed by atoms with E-state index in [1.165, 1.54) is 6.92 Å². The molecule has 0 atom stereocenters. The summed E-state index contributed by atoms with van der Waals surface area (Å²) in [7, 11) is -3.55. The maximum Gasteiger partial charge on any atom is 0.322 e. The van der Waals surface area contributed by atoms with Crippen LogP contribution in [-0.2, 0) is 16.7 Å². The molecule has 7 heteroatoms. The number of benzene rings is 2. The molecule has 2 aromatic carbocycles. The molecule has 6 nitrogen and oxygen atoms in total. The quantitative estimate of drug-likeness (QED) is 0.691. The number of amides is 2. The van der Waals surface area contributed by atoms with Crippen LogP contribution >= 0.6 is 0 Å². The molecule has 0 saturated heterocycles. The lowest BCUT2D eigenvalue weighted by molar-refractivity contribution is 0.193. The molecule has 0 aliphatic heterocycles. The summed E-state index contributed by atoms with van der Waals surface area (Å²) < 4.78 is 28.1. The van der Waals surface area contributed by atoms with Gasteiger partial charge in [0.2, 0.25) is 0 Å². The highest BCUT2D eigenvalue weighted by Crippen LogP contribution is 2.20. The topological polar surface area (TPSA) is 75.7 Å². The van der Waals surface area contributed by atoms with Crippen molar-refractivity contribution in [2.45, 2.75) is 47.2 Å². The zero-order valence-electron chi connectivity index (χ0n) is 17.0. The van der Waals surface area contributed by atoms with Crippen LogP contribution in [0.2, 0.25) is 0 Å². The summed E-state index contributed by atoms with van der Waals surface area (Å²) in [6, 6.07) is 12.3. The Balaban J connectivity index is 2.12. The third-order valence-corrected chi connectivity index (χ3v) is 5.74. The number of hydrogen-bond acceptors (Lipinski definition) is 4. The van der Waals surface area contributed by atoms with Crippen molar-refractivity contribution in [1.29, 1.82) is 0 Å². The summed E-state index contributed by atoms with van der Waals surface area (Å²) in [5.41, 5.74) is 3.83. The molecule has 0 saturated carbocycles. The second kappa shape index (κ2) is 9.10. The second-order valence-corrected chi connectivity index (χ2v) is 8.83. The fraction of sp³-hybridized carbons (Fsp3) is 0.381. The van der Waals surface area contributed by atoms with Crippen LogP contribution in [0.3, 0.4) is 0 Å². The van der Waals surface area contributed by atoms with Crippen molar-refractivity contribution in [2.24, 2.45) is 0 Å². The van der Waals surface area contributed by atoms with Gasteiger partial charge < -0.3 is 14.4 Å². The molecule has 0 aromatic heterocycles. The van der Waals surface area contributed by atoms with E-state index in [9.17, 15) is 13.2 Å². The smallest absolute Gasteiger partial charge is 0.322 e. The van der Waals surface area contributed by atoms with Gasteiger partial charge in [0.05, 0.1) is 5.75 Å². The van der Waals surface area contributed by atoms with Crippen LogP contribution in [0.15, 0.2) is 42.5 Å². The Kier molecular flexibility index (Phi) is 7.07. The molecule has 0 aliphatic carbocycles. The number of hydrogen-bond donors (Lipinski definition) is 1. The summed E-state index contributed by atoms with van der Waals surface area (Å²) in [6.45, 7) is 9.82. The number of carbonyl (C=O) groups excluding carboxylic acids is 1. The first kappa shape index (κ1) is 21.8. The fourth-order valence-electron chi connectivity index (χ4n) is 2.62. The molecule has 0 unspecified atom stereocenters. The molecular formula is C21H28N2O4S. The summed E-state index contributed by atoms with van der Waals surface area (Å²) >= 11 is 0. The Hall–Kier alpha value is -2.54. The molecule has 2 aromatic rings. The molecule has 152 valence electrons. The number of carbonyl (C=O) groups is 1. The zero-order chi connectivity index (χ0) is 20.9. The highest BCUT2D eigenvalue weighted by molar-refractivity contribution is 7.87. The average Bonchev–Trinajstić information content (AvgIpc) is 2.64. The van der Waals surface area contributed by atoms with Gasteiger partial charge in [0.1, 0.15) is 5.75 Å². The predicted molar refractivity (Wildman–Crippen MR) is 112 cm³/mol. The zero-order valence-corrected chi connectivity index (χ0v) is 17.8. The van der Waals surface area contributed by atoms with Gasteiger partial charge in [-0.05, 0) is 69.5 Å². The fourth-order valence-corrected chi connectivity index (χ4v) is 3.14. The molecule has 0 fully saturated rings. The van der Waals surface area contributed by atoms with Crippen molar-refractivity contribution in [3.8, 4) is 5.75 Å². The lowest BCUT2D eigenvalue weighted by Crippen LogP contribution is -2.39. The van der Waals surface area contributed by atoms with Crippen LogP contribution in [0, 0.1) is 13.8 Å². The van der Waals surface area contributed by atoms with Crippen molar-refractivity contribution < 1.29 is 17.4 Å². The highest BCUT2D eigenvalue weighted by Gasteiger charge is 2.18. The number of rotatable bonds is 7. The minimum absolute atomic E-state index is 0.0125. The van der Waals surface area contributed by atoms with Crippen molar-refractivity contribution in [1.82, 2.24) is 4.90 Å². The molecule has 2 amide bonds. The normalized spacial score (nSPS) is 11.4. The summed E-state index contributed by atoms with van der Waals surface area (Å²) in [6.07, 6.45) is 0. The Morgan fingerprint density at radius 2 is 1.75 bits per heavy atom. The lowest BCUT2D eigenvalue weighted by Gasteiger charge is -2.27. The van der Waals surface area contributed by atoms with Gasteiger partial charge in [0.25, 0.3) is 0 Å². The van der Waals surface area contributed by atoms with E-state index in [1.54, 1.807) is 29.2 Å². The molecule has 28 heavy (non-hydrogen) atoms. The van der Waals surface area contributed by atoms with Crippen molar-refractivity contribution in [3.05, 3.63) is 59.2 Å². The second-order valence-electron chi connectivity index (χ2n) is 6.97. The number of urea groups is 1. The van der Waals surface area contributed by atoms with Gasteiger partial charge in [0, 0.05) is 18.3 Å². The third kappa shape index (κ3) is 5.73. The van der Waals surface area contributed by atoms with Gasteiger partial charge in [0.15, 0.2) is 0 Å². The number of nitrogens with one attached hydrogen (secondary N) is 1. The maximum absolute atomic E-state index is 12.8. The van der Waals surface area contributed by atoms with Crippen molar-refractivity contribution in [2.75, 3.05) is 11.1 Å². The third-order valence-electron chi connectivity index (χ3n) is 4.58. The van der Waals surface area contributed by atoms with E-state index in [1.807, 2.05) is 45.9 Å². The van der Waals surface area contributed by atoms with Gasteiger partial charge in [-0.15, -0.1) is 0 Å². The maximum atomic E-state index is 12.8. The Labute approximate surface area is 167 Å². The monoisotopic (exact) mass is 404 g/mol. The Morgan fingerprint density at radius 1 is 1.11 bits per heavy atom. The SMILES string of the molecule is CCS(=O)(=O)Oc1ccc(CN(C(=O)Nc2cccc(C)c2C)C(C)C)cc1. The van der Waals surface area contributed by atoms with E-state index in [0.29, 0.717) is 6.54 Å². The molecule has 0 radical (unpaired) electrons. The molecule has 0 heterocycles. The summed E-state index contributed by atoms with van der Waals surface area (Å²) in [4.78, 5) is 14.5. The van der Waals surface area contributed by atoms with Gasteiger partial charge in [-0.25, -0.2) is 4.79 Å². The van der Waals surface area contributed by atoms with Gasteiger partial charge in [-0.2, -0.15) is 8.42 Å². The summed E-state index contributed by atoms with van der Waals surface area (Å²) in [5, 5.41) is 2.99. The van der Waals surface area contributed by atoms with E-state index < -0.39 is 10.1 Å². The number of aryl methyl sites for hydroxylation is 1. The first-order chi connectivity index (χ1) is 13.1. The van der Waals surface area contributed by atoms with Gasteiger partial charge in [-0.3, -0.25) is 0 Å². The standard InChI is InChI=1S/C21H28N2O4S/c1-6-28(25,26)27-19-12-10-18(11-13-19)14-23(15(2)3)21(24)22-20-9-7-8-16(4)17(20)5/h7-13,15H,6,14H2,1-5H3,(H,22,24). The molecule has 0 bridgehead atoms. The number of anilines is 1. The van der Waals surface area contributed by atoms with E-state index in [2.05, 4.69) is 5.32 Å². The van der Waals surface area contributed by atoms with Crippen LogP contribution in [0.5, 0.6) is 5.75 Å². The number of nitrogens with zero attached hydrogens (tertiary/aromatic N) is 1. The minimum Gasteiger partial charge on any atom is -0.382 e. The largest absolute Gasteiger partial charge is 0.382 e. The van der Waals surface area contributed by atoms with E-state index in [0.717, 1.165) is 22.4 Å². The first-order valence-corrected chi connectivity index (χ1v) is 10.9. The minimum atomic E-state index is -3.55. The van der Waals surface area contributed by atoms with E-state index in [-0.39, 0.29) is 23.6 Å². The van der Waals surface area contributed by atoms with E-state index in [4.69, 9.17) is 4.18 Å². The molecule has 0 spiro atoms. The predicted octanol–water partition coefficient (Wildman–Crippen LogP) is 4.47. The van der Waals surface area contributed by atoms with Gasteiger partial charge in [-0.1, -0.05) is 24.3 Å². The molecule has 0 aliphatic rings. The van der Waals surface area contributed by atoms with Crippen LogP contribution in [0.25, 0.3) is 0 Å². The Morgan fingerprint density at radius 3 is 2.32 bits per heavy atom. The molecule has 1 N–H and O–H groups in total. The lowest BCUT2D eigenvalue weighted by atomic mass is 10.1. The molecule has 2 rings (SSSR count). The Bertz CT molecular complexity index is 922.